The van der Waals surface area contributed by atoms with Crippen LogP contribution in [0.3, 0.4) is 0 Å². The highest BCUT2D eigenvalue weighted by molar-refractivity contribution is 5.82. The van der Waals surface area contributed by atoms with Crippen LogP contribution in [0.1, 0.15) is 43.6 Å². The Kier molecular flexibility index (Phi) is 3.55. The molecule has 3 nitrogen and oxygen atoms in total. The number of aromatic nitrogens is 1. The molecule has 4 heteroatoms. The highest BCUT2D eigenvalue weighted by atomic mass is 19.1. The Morgan fingerprint density at radius 1 is 1.17 bits per heavy atom. The Bertz CT molecular complexity index is 752. The number of hydrogen-bond donors (Lipinski definition) is 1. The predicted octanol–water partition coefficient (Wildman–Crippen LogP) is 4.37. The van der Waals surface area contributed by atoms with Crippen LogP contribution in [-0.2, 0) is 4.79 Å². The summed E-state index contributed by atoms with van der Waals surface area (Å²) in [5, 5.41) is 10.0. The van der Waals surface area contributed by atoms with Crippen LogP contribution in [0, 0.1) is 23.6 Å². The van der Waals surface area contributed by atoms with Gasteiger partial charge in [-0.2, -0.15) is 0 Å². The number of carboxylic acids is 1. The molecular weight excluding hydrogens is 293 g/mol. The van der Waals surface area contributed by atoms with Crippen molar-refractivity contribution < 1.29 is 14.3 Å². The Balaban J connectivity index is 1.51. The first-order valence-corrected chi connectivity index (χ1v) is 8.40. The molecule has 2 atom stereocenters. The van der Waals surface area contributed by atoms with Crippen LogP contribution in [0.5, 0.6) is 0 Å². The molecule has 0 bridgehead atoms. The largest absolute Gasteiger partial charge is 0.481 e. The number of halogens is 1. The van der Waals surface area contributed by atoms with E-state index in [1.807, 2.05) is 12.3 Å². The smallest absolute Gasteiger partial charge is 0.306 e. The third-order valence-electron chi connectivity index (χ3n) is 5.71. The molecule has 0 radical (unpaired) electrons. The molecule has 1 aromatic carbocycles. The molecule has 2 aliphatic carbocycles. The highest BCUT2D eigenvalue weighted by Crippen LogP contribution is 2.51. The van der Waals surface area contributed by atoms with E-state index < -0.39 is 5.97 Å². The minimum absolute atomic E-state index is 0.104. The molecule has 1 N–H and O–H groups in total. The van der Waals surface area contributed by atoms with Crippen LogP contribution in [-0.4, -0.2) is 16.1 Å². The van der Waals surface area contributed by atoms with E-state index in [0.717, 1.165) is 43.0 Å². The number of nitrogens with zero attached hydrogens (tertiary/aromatic N) is 1. The molecule has 2 aliphatic rings. The first kappa shape index (κ1) is 14.6. The van der Waals surface area contributed by atoms with Crippen molar-refractivity contribution in [2.24, 2.45) is 17.8 Å². The fourth-order valence-corrected chi connectivity index (χ4v) is 4.37. The van der Waals surface area contributed by atoms with Gasteiger partial charge in [0.2, 0.25) is 0 Å². The van der Waals surface area contributed by atoms with E-state index in [0.29, 0.717) is 17.8 Å². The summed E-state index contributed by atoms with van der Waals surface area (Å²) in [5.41, 5.74) is 2.04. The van der Waals surface area contributed by atoms with Crippen molar-refractivity contribution in [3.8, 4) is 0 Å². The van der Waals surface area contributed by atoms with E-state index in [4.69, 9.17) is 5.11 Å². The Morgan fingerprint density at radius 2 is 1.96 bits per heavy atom. The van der Waals surface area contributed by atoms with Gasteiger partial charge >= 0.3 is 5.97 Å². The van der Waals surface area contributed by atoms with Gasteiger partial charge in [0.15, 0.2) is 0 Å². The monoisotopic (exact) mass is 313 g/mol. The fraction of sp³-hybridized carbons (Fsp3) is 0.474. The van der Waals surface area contributed by atoms with E-state index in [1.54, 1.807) is 12.1 Å². The molecule has 2 fully saturated rings. The zero-order valence-electron chi connectivity index (χ0n) is 12.9. The molecule has 1 aromatic heterocycles. The van der Waals surface area contributed by atoms with Crippen molar-refractivity contribution in [3.05, 3.63) is 41.8 Å². The van der Waals surface area contributed by atoms with E-state index in [9.17, 15) is 9.18 Å². The second-order valence-corrected chi connectivity index (χ2v) is 7.02. The van der Waals surface area contributed by atoms with Crippen LogP contribution < -0.4 is 0 Å². The quantitative estimate of drug-likeness (QED) is 0.915. The van der Waals surface area contributed by atoms with Crippen LogP contribution in [0.25, 0.3) is 10.9 Å². The molecule has 120 valence electrons. The highest BCUT2D eigenvalue weighted by Gasteiger charge is 2.48. The lowest BCUT2D eigenvalue weighted by Gasteiger charge is -2.29. The van der Waals surface area contributed by atoms with Gasteiger partial charge in [0.1, 0.15) is 5.82 Å². The minimum Gasteiger partial charge on any atom is -0.481 e. The number of fused-ring (bicyclic) bond motifs is 1. The van der Waals surface area contributed by atoms with Crippen molar-refractivity contribution in [3.63, 3.8) is 0 Å². The predicted molar refractivity (Wildman–Crippen MR) is 85.6 cm³/mol. The van der Waals surface area contributed by atoms with Gasteiger partial charge in [0.05, 0.1) is 11.4 Å². The first-order valence-electron chi connectivity index (χ1n) is 8.40. The lowest BCUT2D eigenvalue weighted by molar-refractivity contribution is -0.139. The average molecular weight is 313 g/mol. The molecule has 2 unspecified atom stereocenters. The Hall–Kier alpha value is -1.97. The first-order chi connectivity index (χ1) is 11.1. The van der Waals surface area contributed by atoms with Crippen LogP contribution in [0.15, 0.2) is 30.5 Å². The van der Waals surface area contributed by atoms with Crippen LogP contribution >= 0.6 is 0 Å². The SMILES string of the molecule is O=C(O)C1CC1C1CCC(c2ccnc3ccc(F)cc23)CC1. The van der Waals surface area contributed by atoms with Gasteiger partial charge in [-0.3, -0.25) is 9.78 Å². The number of rotatable bonds is 3. The van der Waals surface area contributed by atoms with E-state index in [1.165, 1.54) is 11.6 Å². The maximum atomic E-state index is 13.6. The summed E-state index contributed by atoms with van der Waals surface area (Å²) in [4.78, 5) is 15.4. The third kappa shape index (κ3) is 2.71. The molecule has 23 heavy (non-hydrogen) atoms. The molecule has 0 amide bonds. The molecule has 2 saturated carbocycles. The average Bonchev–Trinajstić information content (AvgIpc) is 3.35. The summed E-state index contributed by atoms with van der Waals surface area (Å²) in [6.45, 7) is 0. The number of carboxylic acid groups (broad SMARTS) is 1. The van der Waals surface area contributed by atoms with Crippen LogP contribution in [0.2, 0.25) is 0 Å². The van der Waals surface area contributed by atoms with Crippen LogP contribution in [0.4, 0.5) is 4.39 Å². The summed E-state index contributed by atoms with van der Waals surface area (Å²) in [7, 11) is 0. The molecule has 1 heterocycles. The summed E-state index contributed by atoms with van der Waals surface area (Å²) < 4.78 is 13.6. The zero-order chi connectivity index (χ0) is 16.0. The van der Waals surface area contributed by atoms with Gasteiger partial charge in [-0.15, -0.1) is 0 Å². The number of aliphatic carboxylic acids is 1. The second kappa shape index (κ2) is 5.59. The Morgan fingerprint density at radius 3 is 2.65 bits per heavy atom. The molecular formula is C19H20FNO2. The maximum Gasteiger partial charge on any atom is 0.306 e. The fourth-order valence-electron chi connectivity index (χ4n) is 4.37. The topological polar surface area (TPSA) is 50.2 Å². The Labute approximate surface area is 134 Å². The number of hydrogen-bond acceptors (Lipinski definition) is 2. The standard InChI is InChI=1S/C19H20FNO2/c20-13-5-6-18-16(9-13)14(7-8-21-18)11-1-3-12(4-2-11)15-10-17(15)19(22)23/h5-9,11-12,15,17H,1-4,10H2,(H,22,23). The van der Waals surface area contributed by atoms with Crippen molar-refractivity contribution in [2.75, 3.05) is 0 Å². The van der Waals surface area contributed by atoms with Gasteiger partial charge in [-0.05, 0) is 79.7 Å². The molecule has 0 saturated heterocycles. The van der Waals surface area contributed by atoms with Gasteiger partial charge in [0.25, 0.3) is 0 Å². The summed E-state index contributed by atoms with van der Waals surface area (Å²) in [6.07, 6.45) is 6.94. The van der Waals surface area contributed by atoms with Gasteiger partial charge in [-0.25, -0.2) is 4.39 Å². The zero-order valence-corrected chi connectivity index (χ0v) is 12.9. The van der Waals surface area contributed by atoms with Crippen molar-refractivity contribution in [1.29, 1.82) is 0 Å². The van der Waals surface area contributed by atoms with Gasteiger partial charge < -0.3 is 5.11 Å². The second-order valence-electron chi connectivity index (χ2n) is 7.02. The number of pyridine rings is 1. The van der Waals surface area contributed by atoms with Gasteiger partial charge in [-0.1, -0.05) is 0 Å². The maximum absolute atomic E-state index is 13.6. The lowest BCUT2D eigenvalue weighted by Crippen LogP contribution is -2.17. The minimum atomic E-state index is -0.632. The molecule has 2 aromatic rings. The number of benzene rings is 1. The molecule has 0 spiro atoms. The molecule has 0 aliphatic heterocycles. The van der Waals surface area contributed by atoms with E-state index >= 15 is 0 Å². The van der Waals surface area contributed by atoms with Crippen molar-refractivity contribution >= 4 is 16.9 Å². The van der Waals surface area contributed by atoms with Crippen molar-refractivity contribution in [1.82, 2.24) is 4.98 Å². The van der Waals surface area contributed by atoms with Gasteiger partial charge in [0, 0.05) is 11.6 Å². The lowest BCUT2D eigenvalue weighted by atomic mass is 9.76. The number of carbonyl (C=O) groups is 1. The normalized spacial score (nSPS) is 30.3. The summed E-state index contributed by atoms with van der Waals surface area (Å²) in [5.74, 6) is 0.417. The summed E-state index contributed by atoms with van der Waals surface area (Å²) >= 11 is 0. The summed E-state index contributed by atoms with van der Waals surface area (Å²) in [6, 6.07) is 6.80. The van der Waals surface area contributed by atoms with E-state index in [-0.39, 0.29) is 11.7 Å². The van der Waals surface area contributed by atoms with Crippen molar-refractivity contribution in [2.45, 2.75) is 38.0 Å². The van der Waals surface area contributed by atoms with E-state index in [2.05, 4.69) is 4.98 Å². The third-order valence-corrected chi connectivity index (χ3v) is 5.71. The molecule has 4 rings (SSSR count).